The Labute approximate surface area is 146 Å². The van der Waals surface area contributed by atoms with Gasteiger partial charge in [-0.2, -0.15) is 0 Å². The molecule has 0 saturated carbocycles. The van der Waals surface area contributed by atoms with Crippen molar-refractivity contribution in [3.63, 3.8) is 0 Å². The van der Waals surface area contributed by atoms with Crippen LogP contribution >= 0.6 is 0 Å². The fourth-order valence-corrected chi connectivity index (χ4v) is 4.23. The van der Waals surface area contributed by atoms with Gasteiger partial charge in [-0.1, -0.05) is 42.0 Å². The van der Waals surface area contributed by atoms with Crippen LogP contribution in [0.15, 0.2) is 42.5 Å². The Bertz CT molecular complexity index is 887. The smallest absolute Gasteiger partial charge is 0.278 e. The average Bonchev–Trinajstić information content (AvgIpc) is 3.04. The number of nitrogens with zero attached hydrogens (tertiary/aromatic N) is 1. The van der Waals surface area contributed by atoms with E-state index in [1.165, 1.54) is 11.6 Å². The topological polar surface area (TPSA) is 75.4 Å². The van der Waals surface area contributed by atoms with Gasteiger partial charge in [0.05, 0.1) is 22.2 Å². The summed E-state index contributed by atoms with van der Waals surface area (Å²) in [5.74, 6) is 0.220. The van der Waals surface area contributed by atoms with Crippen LogP contribution < -0.4 is 5.32 Å². The van der Waals surface area contributed by atoms with Crippen LogP contribution in [0.3, 0.4) is 0 Å². The third-order valence-electron chi connectivity index (χ3n) is 5.40. The number of fused-ring (bicyclic) bond motifs is 3. The van der Waals surface area contributed by atoms with Crippen molar-refractivity contribution < 1.29 is 10.0 Å². The van der Waals surface area contributed by atoms with Crippen molar-refractivity contribution in [1.82, 2.24) is 0 Å². The first-order valence-electron chi connectivity index (χ1n) is 8.48. The third-order valence-corrected chi connectivity index (χ3v) is 5.40. The van der Waals surface area contributed by atoms with Crippen LogP contribution in [-0.4, -0.2) is 10.0 Å². The molecule has 1 aliphatic carbocycles. The minimum absolute atomic E-state index is 0.0151. The van der Waals surface area contributed by atoms with Crippen molar-refractivity contribution >= 4 is 11.4 Å². The predicted molar refractivity (Wildman–Crippen MR) is 97.0 cm³/mol. The van der Waals surface area contributed by atoms with Gasteiger partial charge < -0.3 is 10.4 Å². The summed E-state index contributed by atoms with van der Waals surface area (Å²) in [4.78, 5) is 11.3. The van der Waals surface area contributed by atoms with E-state index in [1.807, 2.05) is 6.92 Å². The van der Waals surface area contributed by atoms with Gasteiger partial charge in [-0.3, -0.25) is 10.1 Å². The Morgan fingerprint density at radius 1 is 1.24 bits per heavy atom. The number of aromatic hydroxyl groups is 1. The average molecular weight is 336 g/mol. The molecule has 4 rings (SSSR count). The van der Waals surface area contributed by atoms with E-state index in [0.717, 1.165) is 12.0 Å². The predicted octanol–water partition coefficient (Wildman–Crippen LogP) is 4.74. The first-order valence-corrected chi connectivity index (χ1v) is 8.48. The molecule has 2 aliphatic rings. The van der Waals surface area contributed by atoms with Crippen LogP contribution in [0.1, 0.15) is 40.6 Å². The normalized spacial score (nSPS) is 23.7. The molecule has 0 fully saturated rings. The van der Waals surface area contributed by atoms with E-state index in [2.05, 4.69) is 41.7 Å². The number of phenolic OH excluding ortho intramolecular Hbond substituents is 1. The highest BCUT2D eigenvalue weighted by atomic mass is 16.6. The first-order chi connectivity index (χ1) is 12.0. The molecule has 2 aromatic carbocycles. The Balaban J connectivity index is 1.89. The number of allylic oxidation sites excluding steroid dienone is 2. The van der Waals surface area contributed by atoms with Gasteiger partial charge in [0, 0.05) is 11.5 Å². The largest absolute Gasteiger partial charge is 0.506 e. The number of hydrogen-bond acceptors (Lipinski definition) is 4. The first kappa shape index (κ1) is 15.7. The Kier molecular flexibility index (Phi) is 3.53. The molecular formula is C20H20N2O3. The van der Waals surface area contributed by atoms with Crippen LogP contribution in [-0.2, 0) is 0 Å². The number of rotatable bonds is 2. The van der Waals surface area contributed by atoms with Gasteiger partial charge >= 0.3 is 0 Å². The molecule has 25 heavy (non-hydrogen) atoms. The van der Waals surface area contributed by atoms with E-state index in [4.69, 9.17) is 0 Å². The van der Waals surface area contributed by atoms with E-state index in [9.17, 15) is 15.2 Å². The molecule has 2 aromatic rings. The Morgan fingerprint density at radius 2 is 1.96 bits per heavy atom. The highest BCUT2D eigenvalue weighted by Crippen LogP contribution is 2.55. The zero-order valence-corrected chi connectivity index (χ0v) is 14.2. The fourth-order valence-electron chi connectivity index (χ4n) is 4.23. The van der Waals surface area contributed by atoms with Crippen molar-refractivity contribution in [1.29, 1.82) is 0 Å². The number of nitro groups is 1. The van der Waals surface area contributed by atoms with Gasteiger partial charge in [-0.05, 0) is 37.8 Å². The van der Waals surface area contributed by atoms with E-state index in [1.54, 1.807) is 6.92 Å². The summed E-state index contributed by atoms with van der Waals surface area (Å²) < 4.78 is 0. The summed E-state index contributed by atoms with van der Waals surface area (Å²) in [5.41, 5.74) is 4.05. The highest BCUT2D eigenvalue weighted by Gasteiger charge is 2.43. The Morgan fingerprint density at radius 3 is 2.64 bits per heavy atom. The van der Waals surface area contributed by atoms with Gasteiger partial charge in [0.2, 0.25) is 0 Å². The van der Waals surface area contributed by atoms with E-state index in [0.29, 0.717) is 16.8 Å². The molecule has 0 saturated heterocycles. The fraction of sp³-hybridized carbons (Fsp3) is 0.300. The Hall–Kier alpha value is -2.82. The lowest BCUT2D eigenvalue weighted by Crippen LogP contribution is -2.30. The molecule has 5 heteroatoms. The molecule has 3 atom stereocenters. The molecule has 3 unspecified atom stereocenters. The van der Waals surface area contributed by atoms with E-state index >= 15 is 0 Å². The van der Waals surface area contributed by atoms with Gasteiger partial charge in [0.25, 0.3) is 5.69 Å². The molecule has 0 radical (unpaired) electrons. The van der Waals surface area contributed by atoms with Crippen LogP contribution in [0.2, 0.25) is 0 Å². The molecule has 0 amide bonds. The van der Waals surface area contributed by atoms with Crippen LogP contribution in [0.4, 0.5) is 11.4 Å². The minimum atomic E-state index is -0.329. The van der Waals surface area contributed by atoms with Crippen molar-refractivity contribution in [3.05, 3.63) is 74.9 Å². The van der Waals surface area contributed by atoms with E-state index in [-0.39, 0.29) is 34.2 Å². The quantitative estimate of drug-likeness (QED) is 0.359. The number of nitro benzene ring substituents is 1. The standard InChI is InChI=1S/C20H20N2O3/c1-11-6-8-13(9-7-11)18-15-5-3-4-14(15)17-19(21-18)16(23)10-12(2)20(17)22(24)25/h3-4,6-10,14-15,18,21,23H,5H2,1-2H3. The molecule has 128 valence electrons. The molecule has 0 bridgehead atoms. The summed E-state index contributed by atoms with van der Waals surface area (Å²) in [6, 6.07) is 9.82. The van der Waals surface area contributed by atoms with Crippen LogP contribution in [0.5, 0.6) is 5.75 Å². The summed E-state index contributed by atoms with van der Waals surface area (Å²) in [7, 11) is 0. The van der Waals surface area contributed by atoms with Gasteiger partial charge in [0.1, 0.15) is 5.75 Å². The molecular weight excluding hydrogens is 316 g/mol. The van der Waals surface area contributed by atoms with Crippen molar-refractivity contribution in [2.75, 3.05) is 5.32 Å². The van der Waals surface area contributed by atoms with Crippen molar-refractivity contribution in [2.24, 2.45) is 5.92 Å². The third kappa shape index (κ3) is 2.38. The lowest BCUT2D eigenvalue weighted by atomic mass is 9.75. The number of nitrogens with one attached hydrogen (secondary N) is 1. The zero-order valence-electron chi connectivity index (χ0n) is 14.2. The second kappa shape index (κ2) is 5.62. The monoisotopic (exact) mass is 336 g/mol. The minimum Gasteiger partial charge on any atom is -0.506 e. The molecule has 5 nitrogen and oxygen atoms in total. The van der Waals surface area contributed by atoms with Gasteiger partial charge in [-0.25, -0.2) is 0 Å². The summed E-state index contributed by atoms with van der Waals surface area (Å²) >= 11 is 0. The van der Waals surface area contributed by atoms with Crippen LogP contribution in [0.25, 0.3) is 0 Å². The molecule has 0 aromatic heterocycles. The maximum Gasteiger partial charge on any atom is 0.278 e. The molecule has 1 aliphatic heterocycles. The van der Waals surface area contributed by atoms with Gasteiger partial charge in [-0.15, -0.1) is 0 Å². The number of phenols is 1. The summed E-state index contributed by atoms with van der Waals surface area (Å²) in [6.45, 7) is 3.73. The summed E-state index contributed by atoms with van der Waals surface area (Å²) in [6.07, 6.45) is 5.01. The number of benzene rings is 2. The lowest BCUT2D eigenvalue weighted by Gasteiger charge is -2.37. The molecule has 2 N–H and O–H groups in total. The second-order valence-electron chi connectivity index (χ2n) is 6.99. The van der Waals surface area contributed by atoms with Crippen molar-refractivity contribution in [3.8, 4) is 5.75 Å². The second-order valence-corrected chi connectivity index (χ2v) is 6.99. The van der Waals surface area contributed by atoms with Gasteiger partial charge in [0.15, 0.2) is 0 Å². The highest BCUT2D eigenvalue weighted by molar-refractivity contribution is 5.75. The maximum atomic E-state index is 11.7. The number of anilines is 1. The lowest BCUT2D eigenvalue weighted by molar-refractivity contribution is -0.386. The van der Waals surface area contributed by atoms with E-state index < -0.39 is 0 Å². The molecule has 0 spiro atoms. The number of aryl methyl sites for hydroxylation is 2. The SMILES string of the molecule is Cc1ccc(C2Nc3c(O)cc(C)c([N+](=O)[O-])c3C3C=CCC32)cc1. The zero-order chi connectivity index (χ0) is 17.7. The summed E-state index contributed by atoms with van der Waals surface area (Å²) in [5, 5.41) is 25.5. The van der Waals surface area contributed by atoms with Crippen LogP contribution in [0, 0.1) is 29.9 Å². The number of hydrogen-bond donors (Lipinski definition) is 2. The molecule has 1 heterocycles. The maximum absolute atomic E-state index is 11.7. The van der Waals surface area contributed by atoms with Crippen molar-refractivity contribution in [2.45, 2.75) is 32.2 Å².